The van der Waals surface area contributed by atoms with Gasteiger partial charge in [0, 0.05) is 31.6 Å². The van der Waals surface area contributed by atoms with Crippen molar-refractivity contribution in [3.05, 3.63) is 71.3 Å². The van der Waals surface area contributed by atoms with Crippen LogP contribution in [0.5, 0.6) is 0 Å². The van der Waals surface area contributed by atoms with Gasteiger partial charge in [0.05, 0.1) is 6.04 Å². The van der Waals surface area contributed by atoms with Crippen LogP contribution in [0.2, 0.25) is 0 Å². The van der Waals surface area contributed by atoms with E-state index in [0.717, 1.165) is 32.5 Å². The first-order valence-electron chi connectivity index (χ1n) is 10.2. The van der Waals surface area contributed by atoms with Gasteiger partial charge in [-0.15, -0.1) is 24.0 Å². The van der Waals surface area contributed by atoms with E-state index in [2.05, 4.69) is 64.8 Å². The van der Waals surface area contributed by atoms with Crippen molar-refractivity contribution >= 4 is 29.9 Å². The maximum atomic E-state index is 6.25. The second-order valence-electron chi connectivity index (χ2n) is 8.28. The van der Waals surface area contributed by atoms with Crippen LogP contribution in [-0.2, 0) is 13.0 Å². The van der Waals surface area contributed by atoms with Gasteiger partial charge in [-0.3, -0.25) is 4.90 Å². The van der Waals surface area contributed by atoms with E-state index in [1.54, 1.807) is 0 Å². The average molecular weight is 488 g/mol. The Morgan fingerprint density at radius 1 is 1.04 bits per heavy atom. The molecule has 3 unspecified atom stereocenters. The summed E-state index contributed by atoms with van der Waals surface area (Å²) >= 11 is 0. The van der Waals surface area contributed by atoms with Crippen LogP contribution in [0.25, 0.3) is 0 Å². The molecule has 0 aromatic heterocycles. The first-order chi connectivity index (χ1) is 13.3. The van der Waals surface area contributed by atoms with Crippen molar-refractivity contribution in [1.29, 1.82) is 0 Å². The van der Waals surface area contributed by atoms with Crippen LogP contribution in [0.3, 0.4) is 0 Å². The number of nitrogens with zero attached hydrogens (tertiary/aromatic N) is 2. The molecule has 2 aliphatic carbocycles. The van der Waals surface area contributed by atoms with E-state index in [-0.39, 0.29) is 24.0 Å². The van der Waals surface area contributed by atoms with Crippen molar-refractivity contribution in [2.24, 2.45) is 16.6 Å². The lowest BCUT2D eigenvalue weighted by molar-refractivity contribution is 0.199. The molecule has 1 aliphatic heterocycles. The molecule has 1 saturated heterocycles. The number of fused-ring (bicyclic) bond motifs is 3. The largest absolute Gasteiger partial charge is 0.370 e. The molecule has 1 heterocycles. The monoisotopic (exact) mass is 488 g/mol. The molecule has 3 aliphatic rings. The van der Waals surface area contributed by atoms with Crippen molar-refractivity contribution < 1.29 is 0 Å². The molecule has 4 nitrogen and oxygen atoms in total. The van der Waals surface area contributed by atoms with E-state index in [9.17, 15) is 0 Å². The molecule has 0 amide bonds. The second-order valence-corrected chi connectivity index (χ2v) is 8.28. The van der Waals surface area contributed by atoms with Crippen LogP contribution in [0.1, 0.15) is 35.4 Å². The lowest BCUT2D eigenvalue weighted by Crippen LogP contribution is -2.47. The minimum absolute atomic E-state index is 0. The Hall–Kier alpha value is -1.60. The van der Waals surface area contributed by atoms with E-state index >= 15 is 0 Å². The molecule has 0 spiro atoms. The highest BCUT2D eigenvalue weighted by Gasteiger charge is 2.55. The Morgan fingerprint density at radius 3 is 2.54 bits per heavy atom. The lowest BCUT2D eigenvalue weighted by Gasteiger charge is -2.32. The van der Waals surface area contributed by atoms with Crippen molar-refractivity contribution in [2.45, 2.75) is 43.8 Å². The molecule has 5 rings (SSSR count). The Bertz CT molecular complexity index is 830. The highest BCUT2D eigenvalue weighted by molar-refractivity contribution is 14.0. The number of piperidine rings is 1. The van der Waals surface area contributed by atoms with Gasteiger partial charge < -0.3 is 11.1 Å². The number of hydrogen-bond donors (Lipinski definition) is 2. The molecular formula is C23H29IN4. The third kappa shape index (κ3) is 4.06. The Morgan fingerprint density at radius 2 is 1.75 bits per heavy atom. The smallest absolute Gasteiger partial charge is 0.189 e. The number of nitrogens with one attached hydrogen (secondary N) is 1. The zero-order valence-electron chi connectivity index (χ0n) is 16.1. The molecule has 3 atom stereocenters. The van der Waals surface area contributed by atoms with Gasteiger partial charge >= 0.3 is 0 Å². The molecule has 148 valence electrons. The maximum Gasteiger partial charge on any atom is 0.189 e. The van der Waals surface area contributed by atoms with Crippen molar-refractivity contribution in [3.8, 4) is 0 Å². The van der Waals surface area contributed by atoms with Crippen LogP contribution in [0, 0.1) is 5.92 Å². The molecule has 3 N–H and O–H groups in total. The third-order valence-corrected chi connectivity index (χ3v) is 6.47. The average Bonchev–Trinajstić information content (AvgIpc) is 3.20. The molecule has 2 aromatic rings. The van der Waals surface area contributed by atoms with E-state index < -0.39 is 0 Å². The number of guanidine groups is 1. The third-order valence-electron chi connectivity index (χ3n) is 6.47. The Labute approximate surface area is 184 Å². The van der Waals surface area contributed by atoms with Crippen molar-refractivity contribution in [1.82, 2.24) is 10.2 Å². The van der Waals surface area contributed by atoms with Gasteiger partial charge in [0.1, 0.15) is 0 Å². The van der Waals surface area contributed by atoms with Crippen molar-refractivity contribution in [2.75, 3.05) is 13.1 Å². The lowest BCUT2D eigenvalue weighted by atomic mass is 10.0. The van der Waals surface area contributed by atoms with Gasteiger partial charge in [0.25, 0.3) is 0 Å². The normalized spacial score (nSPS) is 26.9. The topological polar surface area (TPSA) is 53.6 Å². The molecule has 2 fully saturated rings. The fraction of sp³-hybridized carbons (Fsp3) is 0.435. The molecular weight excluding hydrogens is 459 g/mol. The minimum Gasteiger partial charge on any atom is -0.370 e. The van der Waals surface area contributed by atoms with E-state index in [0.29, 0.717) is 29.9 Å². The van der Waals surface area contributed by atoms with Crippen LogP contribution in [-0.4, -0.2) is 36.0 Å². The molecule has 28 heavy (non-hydrogen) atoms. The summed E-state index contributed by atoms with van der Waals surface area (Å²) in [5, 5.41) is 3.49. The van der Waals surface area contributed by atoms with E-state index in [1.807, 2.05) is 0 Å². The van der Waals surface area contributed by atoms with E-state index in [1.165, 1.54) is 23.1 Å². The molecule has 0 bridgehead atoms. The number of halogens is 1. The van der Waals surface area contributed by atoms with Crippen molar-refractivity contribution in [3.63, 3.8) is 0 Å². The summed E-state index contributed by atoms with van der Waals surface area (Å²) in [7, 11) is 0. The van der Waals surface area contributed by atoms with Gasteiger partial charge in [-0.1, -0.05) is 54.6 Å². The Kier molecular flexibility index (Phi) is 5.92. The fourth-order valence-electron chi connectivity index (χ4n) is 4.98. The fourth-order valence-corrected chi connectivity index (χ4v) is 4.98. The summed E-state index contributed by atoms with van der Waals surface area (Å²) in [6, 6.07) is 20.4. The number of hydrogen-bond acceptors (Lipinski definition) is 2. The zero-order chi connectivity index (χ0) is 18.2. The molecule has 5 heteroatoms. The highest BCUT2D eigenvalue weighted by atomic mass is 127. The summed E-state index contributed by atoms with van der Waals surface area (Å²) < 4.78 is 0. The predicted octanol–water partition coefficient (Wildman–Crippen LogP) is 3.51. The summed E-state index contributed by atoms with van der Waals surface area (Å²) in [6.45, 7) is 3.27. The Balaban J connectivity index is 0.00000192. The second kappa shape index (κ2) is 8.41. The first kappa shape index (κ1) is 19.7. The predicted molar refractivity (Wildman–Crippen MR) is 125 cm³/mol. The molecule has 0 radical (unpaired) electrons. The number of likely N-dealkylation sites (tertiary alicyclic amines) is 1. The number of aliphatic imine (C=N–C) groups is 1. The van der Waals surface area contributed by atoms with Crippen LogP contribution in [0.4, 0.5) is 0 Å². The number of benzene rings is 2. The van der Waals surface area contributed by atoms with Gasteiger partial charge in [0.15, 0.2) is 5.96 Å². The highest BCUT2D eigenvalue weighted by Crippen LogP contribution is 2.58. The number of rotatable bonds is 4. The standard InChI is InChI=1S/C23H28N4.HI/c24-23(26-22-20-14-17-8-4-5-9-19(17)21(20)22)25-18-10-12-27(13-11-18)15-16-6-2-1-3-7-16;/h1-9,18,20-22H,10-15H2,(H3,24,25,26);1H. The first-order valence-corrected chi connectivity index (χ1v) is 10.2. The van der Waals surface area contributed by atoms with Gasteiger partial charge in [0.2, 0.25) is 0 Å². The quantitative estimate of drug-likeness (QED) is 0.394. The van der Waals surface area contributed by atoms with Crippen LogP contribution < -0.4 is 11.1 Å². The summed E-state index contributed by atoms with van der Waals surface area (Å²) in [5.41, 5.74) is 10.7. The number of nitrogens with two attached hydrogens (primary N) is 1. The minimum atomic E-state index is 0. The maximum absolute atomic E-state index is 6.25. The van der Waals surface area contributed by atoms with Gasteiger partial charge in [-0.25, -0.2) is 4.99 Å². The van der Waals surface area contributed by atoms with Crippen LogP contribution in [0.15, 0.2) is 59.6 Å². The SMILES string of the molecule is I.NC(=NC1C2Cc3ccccc3C21)NC1CCN(Cc2ccccc2)CC1. The van der Waals surface area contributed by atoms with E-state index in [4.69, 9.17) is 10.7 Å². The zero-order valence-corrected chi connectivity index (χ0v) is 18.5. The molecule has 2 aromatic carbocycles. The van der Waals surface area contributed by atoms with Gasteiger partial charge in [-0.05, 0) is 41.9 Å². The summed E-state index contributed by atoms with van der Waals surface area (Å²) in [5.74, 6) is 1.93. The van der Waals surface area contributed by atoms with Gasteiger partial charge in [-0.2, -0.15) is 0 Å². The summed E-state index contributed by atoms with van der Waals surface area (Å²) in [4.78, 5) is 7.35. The van der Waals surface area contributed by atoms with Crippen LogP contribution >= 0.6 is 24.0 Å². The summed E-state index contributed by atoms with van der Waals surface area (Å²) in [6.07, 6.45) is 3.42. The molecule has 1 saturated carbocycles.